The smallest absolute Gasteiger partial charge is 0.329 e. The fraction of sp³-hybridized carbons (Fsp3) is 0.100. The Hall–Kier alpha value is -1.01. The molecule has 1 heterocycles. The van der Waals surface area contributed by atoms with Crippen LogP contribution in [0.25, 0.3) is 0 Å². The van der Waals surface area contributed by atoms with Crippen molar-refractivity contribution < 1.29 is 9.47 Å². The minimum Gasteiger partial charge on any atom is -0.467 e. The highest BCUT2D eigenvalue weighted by atomic mass is 35.5. The molecule has 5 nitrogen and oxygen atoms in total. The maximum atomic E-state index is 5.96. The molecule has 2 rings (SSSR count). The minimum atomic E-state index is -0.0721. The lowest BCUT2D eigenvalue weighted by Gasteiger charge is -2.08. The van der Waals surface area contributed by atoms with E-state index >= 15 is 0 Å². The number of hydrogen-bond donors (Lipinski definition) is 0. The van der Waals surface area contributed by atoms with E-state index in [-0.39, 0.29) is 33.1 Å². The van der Waals surface area contributed by atoms with Crippen molar-refractivity contribution in [1.82, 2.24) is 15.0 Å². The zero-order valence-electron chi connectivity index (χ0n) is 9.32. The summed E-state index contributed by atoms with van der Waals surface area (Å²) in [6.07, 6.45) is 0. The summed E-state index contributed by atoms with van der Waals surface area (Å²) in [5.41, 5.74) is 0. The summed E-state index contributed by atoms with van der Waals surface area (Å²) in [6, 6.07) is 2.83. The van der Waals surface area contributed by atoms with Crippen LogP contribution in [0.3, 0.4) is 0 Å². The van der Waals surface area contributed by atoms with E-state index in [9.17, 15) is 0 Å². The second kappa shape index (κ2) is 5.96. The van der Waals surface area contributed by atoms with Crippen molar-refractivity contribution in [3.05, 3.63) is 32.5 Å². The standard InChI is InChI=1S/C10H5Cl4N3O2/c1-18-9-15-8(14)16-10(17-9)19-7-3-5(12)4(11)2-6(7)13/h2-3H,1H3. The molecule has 0 radical (unpaired) electrons. The molecule has 9 heteroatoms. The van der Waals surface area contributed by atoms with Crippen molar-refractivity contribution in [2.24, 2.45) is 0 Å². The maximum Gasteiger partial charge on any atom is 0.329 e. The van der Waals surface area contributed by atoms with Gasteiger partial charge < -0.3 is 9.47 Å². The molecule has 0 spiro atoms. The van der Waals surface area contributed by atoms with Gasteiger partial charge in [0.1, 0.15) is 0 Å². The van der Waals surface area contributed by atoms with Crippen molar-refractivity contribution in [2.45, 2.75) is 0 Å². The molecular weight excluding hydrogens is 336 g/mol. The van der Waals surface area contributed by atoms with E-state index in [2.05, 4.69) is 15.0 Å². The lowest BCUT2D eigenvalue weighted by molar-refractivity contribution is 0.359. The molecule has 0 aliphatic carbocycles. The third-order valence-electron chi connectivity index (χ3n) is 1.93. The number of hydrogen-bond acceptors (Lipinski definition) is 5. The fourth-order valence-corrected chi connectivity index (χ4v) is 1.85. The minimum absolute atomic E-state index is 0.0196. The highest BCUT2D eigenvalue weighted by Crippen LogP contribution is 2.35. The number of ether oxygens (including phenoxy) is 2. The van der Waals surface area contributed by atoms with E-state index in [0.29, 0.717) is 5.02 Å². The molecule has 0 amide bonds. The molecule has 2 aromatic rings. The van der Waals surface area contributed by atoms with Crippen molar-refractivity contribution in [3.8, 4) is 17.8 Å². The van der Waals surface area contributed by atoms with E-state index in [4.69, 9.17) is 55.9 Å². The molecule has 1 aromatic carbocycles. The van der Waals surface area contributed by atoms with Gasteiger partial charge in [0.15, 0.2) is 5.75 Å². The molecule has 0 saturated carbocycles. The van der Waals surface area contributed by atoms with Gasteiger partial charge in [-0.25, -0.2) is 0 Å². The zero-order valence-corrected chi connectivity index (χ0v) is 12.3. The van der Waals surface area contributed by atoms with Crippen LogP contribution in [0, 0.1) is 0 Å². The maximum absolute atomic E-state index is 5.96. The monoisotopic (exact) mass is 339 g/mol. The SMILES string of the molecule is COc1nc(Cl)nc(Oc2cc(Cl)c(Cl)cc2Cl)n1. The Morgan fingerprint density at radius 3 is 2.16 bits per heavy atom. The fourth-order valence-electron chi connectivity index (χ4n) is 1.13. The Morgan fingerprint density at radius 2 is 1.47 bits per heavy atom. The summed E-state index contributed by atoms with van der Waals surface area (Å²) < 4.78 is 10.2. The summed E-state index contributed by atoms with van der Waals surface area (Å²) in [5.74, 6) is 0.236. The van der Waals surface area contributed by atoms with Crippen LogP contribution in [-0.2, 0) is 0 Å². The predicted octanol–water partition coefficient (Wildman–Crippen LogP) is 4.29. The highest BCUT2D eigenvalue weighted by Gasteiger charge is 2.12. The Morgan fingerprint density at radius 1 is 0.842 bits per heavy atom. The average Bonchev–Trinajstić information content (AvgIpc) is 2.35. The first kappa shape index (κ1) is 14.4. The highest BCUT2D eigenvalue weighted by molar-refractivity contribution is 6.43. The van der Waals surface area contributed by atoms with Crippen LogP contribution in [0.5, 0.6) is 17.8 Å². The molecule has 19 heavy (non-hydrogen) atoms. The number of rotatable bonds is 3. The van der Waals surface area contributed by atoms with Crippen LogP contribution in [0.4, 0.5) is 0 Å². The number of halogens is 4. The molecule has 0 saturated heterocycles. The second-order valence-electron chi connectivity index (χ2n) is 3.17. The van der Waals surface area contributed by atoms with Crippen LogP contribution >= 0.6 is 46.4 Å². The summed E-state index contributed by atoms with van der Waals surface area (Å²) in [7, 11) is 1.39. The molecule has 0 unspecified atom stereocenters. The Balaban J connectivity index is 2.36. The largest absolute Gasteiger partial charge is 0.467 e. The van der Waals surface area contributed by atoms with Crippen LogP contribution in [0.1, 0.15) is 0 Å². The van der Waals surface area contributed by atoms with Crippen LogP contribution < -0.4 is 9.47 Å². The first-order chi connectivity index (χ1) is 8.99. The summed E-state index contributed by atoms with van der Waals surface area (Å²) in [6.45, 7) is 0. The Kier molecular flexibility index (Phi) is 4.52. The Bertz CT molecular complexity index is 624. The van der Waals surface area contributed by atoms with Gasteiger partial charge in [-0.2, -0.15) is 9.97 Å². The Labute approximate surface area is 128 Å². The molecule has 0 aliphatic heterocycles. The van der Waals surface area contributed by atoms with Gasteiger partial charge in [0.25, 0.3) is 0 Å². The third-order valence-corrected chi connectivity index (χ3v) is 3.11. The van der Waals surface area contributed by atoms with Crippen molar-refractivity contribution in [1.29, 1.82) is 0 Å². The first-order valence-corrected chi connectivity index (χ1v) is 6.28. The predicted molar refractivity (Wildman–Crippen MR) is 72.9 cm³/mol. The third kappa shape index (κ3) is 3.51. The van der Waals surface area contributed by atoms with E-state index in [1.807, 2.05) is 0 Å². The van der Waals surface area contributed by atoms with Crippen molar-refractivity contribution in [3.63, 3.8) is 0 Å². The van der Waals surface area contributed by atoms with Gasteiger partial charge in [0.05, 0.1) is 22.2 Å². The summed E-state index contributed by atoms with van der Waals surface area (Å²) >= 11 is 23.3. The summed E-state index contributed by atoms with van der Waals surface area (Å²) in [4.78, 5) is 11.3. The van der Waals surface area contributed by atoms with Gasteiger partial charge in [0.2, 0.25) is 5.28 Å². The molecule has 0 N–H and O–H groups in total. The second-order valence-corrected chi connectivity index (χ2v) is 4.73. The first-order valence-electron chi connectivity index (χ1n) is 4.77. The van der Waals surface area contributed by atoms with E-state index in [0.717, 1.165) is 0 Å². The topological polar surface area (TPSA) is 57.1 Å². The molecule has 0 bridgehead atoms. The quantitative estimate of drug-likeness (QED) is 0.780. The van der Waals surface area contributed by atoms with Gasteiger partial charge in [0, 0.05) is 6.07 Å². The number of benzene rings is 1. The average molecular weight is 341 g/mol. The molecule has 0 atom stereocenters. The van der Waals surface area contributed by atoms with Gasteiger partial charge in [-0.15, -0.1) is 4.98 Å². The molecule has 0 aliphatic rings. The van der Waals surface area contributed by atoms with Crippen LogP contribution in [0.2, 0.25) is 20.4 Å². The number of methoxy groups -OCH3 is 1. The van der Waals surface area contributed by atoms with Gasteiger partial charge in [-0.3, -0.25) is 0 Å². The summed E-state index contributed by atoms with van der Waals surface area (Å²) in [5, 5.41) is 0.779. The zero-order chi connectivity index (χ0) is 14.0. The molecule has 0 fully saturated rings. The van der Waals surface area contributed by atoms with Crippen LogP contribution in [-0.4, -0.2) is 22.1 Å². The van der Waals surface area contributed by atoms with E-state index < -0.39 is 0 Å². The van der Waals surface area contributed by atoms with E-state index in [1.54, 1.807) is 0 Å². The lowest BCUT2D eigenvalue weighted by atomic mass is 10.3. The van der Waals surface area contributed by atoms with Crippen molar-refractivity contribution >= 4 is 46.4 Å². The van der Waals surface area contributed by atoms with Gasteiger partial charge >= 0.3 is 12.0 Å². The normalized spacial score (nSPS) is 10.4. The molecule has 1 aromatic heterocycles. The number of nitrogens with zero attached hydrogens (tertiary/aromatic N) is 3. The molecule has 100 valence electrons. The van der Waals surface area contributed by atoms with Gasteiger partial charge in [-0.05, 0) is 17.7 Å². The van der Waals surface area contributed by atoms with Crippen LogP contribution in [0.15, 0.2) is 12.1 Å². The van der Waals surface area contributed by atoms with Crippen molar-refractivity contribution in [2.75, 3.05) is 7.11 Å². The lowest BCUT2D eigenvalue weighted by Crippen LogP contribution is -1.99. The van der Waals surface area contributed by atoms with E-state index in [1.165, 1.54) is 19.2 Å². The molecular formula is C10H5Cl4N3O2. The van der Waals surface area contributed by atoms with Gasteiger partial charge in [-0.1, -0.05) is 34.8 Å². The number of aromatic nitrogens is 3.